The average molecular weight is 417 g/mol. The highest BCUT2D eigenvalue weighted by Crippen LogP contribution is 2.30. The minimum absolute atomic E-state index is 0.0339. The fourth-order valence-electron chi connectivity index (χ4n) is 2.84. The number of nitrogens with one attached hydrogen (secondary N) is 2. The predicted octanol–water partition coefficient (Wildman–Crippen LogP) is 5.20. The zero-order chi connectivity index (χ0) is 21.6. The Kier molecular flexibility index (Phi) is 6.76. The second-order valence-electron chi connectivity index (χ2n) is 6.75. The van der Waals surface area contributed by atoms with E-state index in [1.807, 2.05) is 24.3 Å². The van der Waals surface area contributed by atoms with E-state index in [1.54, 1.807) is 6.07 Å². The normalized spacial score (nSPS) is 11.3. The lowest BCUT2D eigenvalue weighted by Gasteiger charge is -2.09. The first-order valence-corrected chi connectivity index (χ1v) is 9.60. The van der Waals surface area contributed by atoms with Crippen LogP contribution in [0.25, 0.3) is 11.3 Å². The SMILES string of the molecule is CCCCOc1ccccc1-c1cc(C(=O)NCc2cccc(C(F)(F)F)c2)[nH]n1. The first-order valence-electron chi connectivity index (χ1n) is 9.60. The van der Waals surface area contributed by atoms with Gasteiger partial charge in [-0.05, 0) is 42.3 Å². The van der Waals surface area contributed by atoms with Crippen LogP contribution >= 0.6 is 0 Å². The molecule has 0 saturated carbocycles. The summed E-state index contributed by atoms with van der Waals surface area (Å²) in [6.07, 6.45) is -2.48. The summed E-state index contributed by atoms with van der Waals surface area (Å²) in [6, 6.07) is 13.8. The van der Waals surface area contributed by atoms with Gasteiger partial charge in [-0.25, -0.2) is 0 Å². The summed E-state index contributed by atoms with van der Waals surface area (Å²) < 4.78 is 44.2. The molecule has 1 heterocycles. The van der Waals surface area contributed by atoms with Gasteiger partial charge in [0.25, 0.3) is 5.91 Å². The van der Waals surface area contributed by atoms with Crippen LogP contribution in [0.5, 0.6) is 5.75 Å². The minimum Gasteiger partial charge on any atom is -0.493 e. The number of rotatable bonds is 8. The maximum atomic E-state index is 12.8. The number of hydrogen-bond donors (Lipinski definition) is 2. The maximum Gasteiger partial charge on any atom is 0.416 e. The van der Waals surface area contributed by atoms with Crippen molar-refractivity contribution in [2.24, 2.45) is 0 Å². The number of hydrogen-bond acceptors (Lipinski definition) is 3. The molecule has 0 aliphatic heterocycles. The van der Waals surface area contributed by atoms with Gasteiger partial charge in [-0.3, -0.25) is 9.89 Å². The van der Waals surface area contributed by atoms with Gasteiger partial charge in [0.05, 0.1) is 17.9 Å². The van der Waals surface area contributed by atoms with Crippen LogP contribution in [0, 0.1) is 0 Å². The number of nitrogens with zero attached hydrogens (tertiary/aromatic N) is 1. The lowest BCUT2D eigenvalue weighted by Crippen LogP contribution is -2.23. The lowest BCUT2D eigenvalue weighted by molar-refractivity contribution is -0.137. The van der Waals surface area contributed by atoms with Crippen molar-refractivity contribution in [3.8, 4) is 17.0 Å². The van der Waals surface area contributed by atoms with E-state index in [0.29, 0.717) is 23.6 Å². The first-order chi connectivity index (χ1) is 14.4. The van der Waals surface area contributed by atoms with Crippen LogP contribution in [0.2, 0.25) is 0 Å². The van der Waals surface area contributed by atoms with E-state index in [4.69, 9.17) is 4.74 Å². The molecule has 3 rings (SSSR count). The van der Waals surface area contributed by atoms with Gasteiger partial charge < -0.3 is 10.1 Å². The molecule has 2 aromatic carbocycles. The summed E-state index contributed by atoms with van der Waals surface area (Å²) >= 11 is 0. The molecule has 0 radical (unpaired) electrons. The summed E-state index contributed by atoms with van der Waals surface area (Å²) in [6.45, 7) is 2.63. The Balaban J connectivity index is 1.68. The second kappa shape index (κ2) is 9.47. The molecule has 0 bridgehead atoms. The molecule has 0 aliphatic carbocycles. The van der Waals surface area contributed by atoms with Crippen molar-refractivity contribution in [1.82, 2.24) is 15.5 Å². The Morgan fingerprint density at radius 2 is 1.93 bits per heavy atom. The van der Waals surface area contributed by atoms with Crippen molar-refractivity contribution in [3.05, 3.63) is 71.4 Å². The summed E-state index contributed by atoms with van der Waals surface area (Å²) in [5, 5.41) is 9.46. The highest BCUT2D eigenvalue weighted by molar-refractivity contribution is 5.93. The Labute approximate surface area is 172 Å². The number of H-pyrrole nitrogens is 1. The van der Waals surface area contributed by atoms with Crippen molar-refractivity contribution >= 4 is 5.91 Å². The van der Waals surface area contributed by atoms with Crippen molar-refractivity contribution in [1.29, 1.82) is 0 Å². The van der Waals surface area contributed by atoms with E-state index in [9.17, 15) is 18.0 Å². The van der Waals surface area contributed by atoms with Gasteiger partial charge in [0.1, 0.15) is 11.4 Å². The quantitative estimate of drug-likeness (QED) is 0.495. The van der Waals surface area contributed by atoms with Crippen LogP contribution in [0.15, 0.2) is 54.6 Å². The van der Waals surface area contributed by atoms with E-state index < -0.39 is 17.6 Å². The Morgan fingerprint density at radius 3 is 2.70 bits per heavy atom. The molecule has 158 valence electrons. The number of aromatic amines is 1. The summed E-state index contributed by atoms with van der Waals surface area (Å²) in [5.74, 6) is 0.212. The largest absolute Gasteiger partial charge is 0.493 e. The van der Waals surface area contributed by atoms with Crippen molar-refractivity contribution in [2.45, 2.75) is 32.5 Å². The van der Waals surface area contributed by atoms with E-state index in [-0.39, 0.29) is 12.2 Å². The average Bonchev–Trinajstić information content (AvgIpc) is 3.22. The molecular weight excluding hydrogens is 395 g/mol. The third-order valence-corrected chi connectivity index (χ3v) is 4.45. The maximum absolute atomic E-state index is 12.8. The molecule has 1 aromatic heterocycles. The minimum atomic E-state index is -4.43. The Bertz CT molecular complexity index is 999. The predicted molar refractivity (Wildman–Crippen MR) is 107 cm³/mol. The summed E-state index contributed by atoms with van der Waals surface area (Å²) in [7, 11) is 0. The molecule has 30 heavy (non-hydrogen) atoms. The smallest absolute Gasteiger partial charge is 0.416 e. The molecule has 1 amide bonds. The van der Waals surface area contributed by atoms with E-state index in [0.717, 1.165) is 30.5 Å². The third-order valence-electron chi connectivity index (χ3n) is 4.45. The number of unbranched alkanes of at least 4 members (excludes halogenated alkanes) is 1. The molecule has 0 saturated heterocycles. The lowest BCUT2D eigenvalue weighted by atomic mass is 10.1. The number of benzene rings is 2. The van der Waals surface area contributed by atoms with Crippen LogP contribution in [0.1, 0.15) is 41.4 Å². The third kappa shape index (κ3) is 5.40. The number of amides is 1. The number of carbonyl (C=O) groups is 1. The monoisotopic (exact) mass is 417 g/mol. The molecule has 0 unspecified atom stereocenters. The van der Waals surface area contributed by atoms with Crippen LogP contribution in [-0.2, 0) is 12.7 Å². The van der Waals surface area contributed by atoms with Crippen LogP contribution < -0.4 is 10.1 Å². The van der Waals surface area contributed by atoms with E-state index >= 15 is 0 Å². The molecule has 0 aliphatic rings. The van der Waals surface area contributed by atoms with Crippen molar-refractivity contribution in [3.63, 3.8) is 0 Å². The van der Waals surface area contributed by atoms with Gasteiger partial charge in [0.15, 0.2) is 0 Å². The Hall–Kier alpha value is -3.29. The number of ether oxygens (including phenoxy) is 1. The highest BCUT2D eigenvalue weighted by atomic mass is 19.4. The molecular formula is C22H22F3N3O2. The highest BCUT2D eigenvalue weighted by Gasteiger charge is 2.30. The van der Waals surface area contributed by atoms with Crippen molar-refractivity contribution < 1.29 is 22.7 Å². The molecule has 8 heteroatoms. The zero-order valence-electron chi connectivity index (χ0n) is 16.4. The van der Waals surface area contributed by atoms with Gasteiger partial charge >= 0.3 is 6.18 Å². The van der Waals surface area contributed by atoms with E-state index in [2.05, 4.69) is 22.4 Å². The summed E-state index contributed by atoms with van der Waals surface area (Å²) in [4.78, 5) is 12.4. The molecule has 0 spiro atoms. The molecule has 3 aromatic rings. The van der Waals surface area contributed by atoms with Crippen molar-refractivity contribution in [2.75, 3.05) is 6.61 Å². The number of carbonyl (C=O) groups excluding carboxylic acids is 1. The number of alkyl halides is 3. The van der Waals surface area contributed by atoms with Gasteiger partial charge in [0.2, 0.25) is 0 Å². The van der Waals surface area contributed by atoms with Gasteiger partial charge in [-0.1, -0.05) is 37.6 Å². The fraction of sp³-hybridized carbons (Fsp3) is 0.273. The van der Waals surface area contributed by atoms with Gasteiger partial charge in [-0.2, -0.15) is 18.3 Å². The second-order valence-corrected chi connectivity index (χ2v) is 6.75. The van der Waals surface area contributed by atoms with Gasteiger partial charge in [0, 0.05) is 12.1 Å². The molecule has 0 fully saturated rings. The number of para-hydroxylation sites is 1. The van der Waals surface area contributed by atoms with E-state index in [1.165, 1.54) is 12.1 Å². The zero-order valence-corrected chi connectivity index (χ0v) is 16.4. The van der Waals surface area contributed by atoms with Crippen LogP contribution in [0.3, 0.4) is 0 Å². The number of halogens is 3. The Morgan fingerprint density at radius 1 is 1.13 bits per heavy atom. The van der Waals surface area contributed by atoms with Crippen LogP contribution in [0.4, 0.5) is 13.2 Å². The fourth-order valence-corrected chi connectivity index (χ4v) is 2.84. The van der Waals surface area contributed by atoms with Crippen LogP contribution in [-0.4, -0.2) is 22.7 Å². The van der Waals surface area contributed by atoms with Gasteiger partial charge in [-0.15, -0.1) is 0 Å². The summed E-state index contributed by atoms with van der Waals surface area (Å²) in [5.41, 5.74) is 1.11. The molecule has 2 N–H and O–H groups in total. The first kappa shape index (κ1) is 21.4. The topological polar surface area (TPSA) is 67.0 Å². The number of aromatic nitrogens is 2. The standard InChI is InChI=1S/C22H22F3N3O2/c1-2-3-11-30-20-10-5-4-9-17(20)18-13-19(28-27-18)21(29)26-14-15-7-6-8-16(12-15)22(23,24)25/h4-10,12-13H,2-3,11,14H2,1H3,(H,26,29)(H,27,28). The molecule has 0 atom stereocenters. The molecule has 5 nitrogen and oxygen atoms in total.